The highest BCUT2D eigenvalue weighted by atomic mass is 15.1. The molecule has 0 aliphatic rings. The molecule has 0 saturated heterocycles. The predicted molar refractivity (Wildman–Crippen MR) is 68.6 cm³/mol. The molecule has 3 aromatic heterocycles. The van der Waals surface area contributed by atoms with Gasteiger partial charge in [-0.05, 0) is 12.1 Å². The van der Waals surface area contributed by atoms with Gasteiger partial charge < -0.3 is 9.13 Å². The van der Waals surface area contributed by atoms with Crippen molar-refractivity contribution in [1.82, 2.24) is 24.1 Å². The van der Waals surface area contributed by atoms with Crippen LogP contribution in [0.2, 0.25) is 0 Å². The summed E-state index contributed by atoms with van der Waals surface area (Å²) in [7, 11) is 3.90. The van der Waals surface area contributed by atoms with Crippen LogP contribution in [0, 0.1) is 0 Å². The number of aryl methyl sites for hydroxylation is 2. The zero-order chi connectivity index (χ0) is 12.5. The lowest BCUT2D eigenvalue weighted by molar-refractivity contribution is 0.913. The zero-order valence-electron chi connectivity index (χ0n) is 10.3. The Morgan fingerprint density at radius 2 is 1.83 bits per heavy atom. The van der Waals surface area contributed by atoms with Gasteiger partial charge in [-0.2, -0.15) is 0 Å². The van der Waals surface area contributed by atoms with Crippen molar-refractivity contribution in [1.29, 1.82) is 0 Å². The van der Waals surface area contributed by atoms with Gasteiger partial charge in [-0.15, -0.1) is 0 Å². The Bertz CT molecular complexity index is 680. The first-order valence-corrected chi connectivity index (χ1v) is 5.67. The summed E-state index contributed by atoms with van der Waals surface area (Å²) < 4.78 is 3.86. The predicted octanol–water partition coefficient (Wildman–Crippen LogP) is 1.88. The van der Waals surface area contributed by atoms with E-state index in [1.54, 1.807) is 12.5 Å². The summed E-state index contributed by atoms with van der Waals surface area (Å²) in [5, 5.41) is 0. The van der Waals surface area contributed by atoms with Crippen LogP contribution in [0.25, 0.3) is 22.9 Å². The van der Waals surface area contributed by atoms with Crippen LogP contribution in [0.3, 0.4) is 0 Å². The smallest absolute Gasteiger partial charge is 0.158 e. The molecular formula is C13H13N5. The molecule has 0 spiro atoms. The number of nitrogens with zero attached hydrogens (tertiary/aromatic N) is 5. The van der Waals surface area contributed by atoms with E-state index >= 15 is 0 Å². The first kappa shape index (κ1) is 10.7. The van der Waals surface area contributed by atoms with Crippen LogP contribution in [-0.2, 0) is 14.1 Å². The van der Waals surface area contributed by atoms with Gasteiger partial charge in [0.2, 0.25) is 0 Å². The maximum atomic E-state index is 4.60. The van der Waals surface area contributed by atoms with Crippen molar-refractivity contribution < 1.29 is 0 Å². The second-order valence-corrected chi connectivity index (χ2v) is 4.19. The van der Waals surface area contributed by atoms with Crippen LogP contribution < -0.4 is 0 Å². The third-order valence-electron chi connectivity index (χ3n) is 2.77. The minimum absolute atomic E-state index is 0.852. The maximum absolute atomic E-state index is 4.60. The van der Waals surface area contributed by atoms with Crippen LogP contribution >= 0.6 is 0 Å². The summed E-state index contributed by atoms with van der Waals surface area (Å²) in [4.78, 5) is 13.2. The van der Waals surface area contributed by atoms with Crippen LogP contribution in [0.1, 0.15) is 0 Å². The fraction of sp³-hybridized carbons (Fsp3) is 0.154. The van der Waals surface area contributed by atoms with Crippen LogP contribution in [-0.4, -0.2) is 24.1 Å². The van der Waals surface area contributed by atoms with Gasteiger partial charge >= 0.3 is 0 Å². The number of pyridine rings is 1. The zero-order valence-corrected chi connectivity index (χ0v) is 10.3. The van der Waals surface area contributed by atoms with E-state index in [1.165, 1.54) is 0 Å². The normalized spacial score (nSPS) is 10.8. The van der Waals surface area contributed by atoms with E-state index in [9.17, 15) is 0 Å². The Labute approximate surface area is 105 Å². The van der Waals surface area contributed by atoms with Crippen molar-refractivity contribution in [3.05, 3.63) is 43.1 Å². The minimum atomic E-state index is 0.852. The Kier molecular flexibility index (Phi) is 2.44. The highest BCUT2D eigenvalue weighted by Crippen LogP contribution is 2.19. The lowest BCUT2D eigenvalue weighted by atomic mass is 10.2. The molecule has 3 aromatic rings. The van der Waals surface area contributed by atoms with Gasteiger partial charge in [0.05, 0.1) is 12.0 Å². The molecule has 3 heterocycles. The molecule has 0 aliphatic heterocycles. The molecule has 0 N–H and O–H groups in total. The van der Waals surface area contributed by atoms with E-state index in [1.807, 2.05) is 53.8 Å². The molecule has 5 nitrogen and oxygen atoms in total. The van der Waals surface area contributed by atoms with Gasteiger partial charge in [-0.3, -0.25) is 0 Å². The summed E-state index contributed by atoms with van der Waals surface area (Å²) in [5.41, 5.74) is 2.58. The standard InChI is InChI=1S/C13H13N5/c1-17-8-12(15-9-17)10-4-3-5-11(16-10)13-14-6-7-18(13)2/h3-9H,1-2H3. The number of hydrogen-bond donors (Lipinski definition) is 0. The van der Waals surface area contributed by atoms with Gasteiger partial charge in [0, 0.05) is 32.7 Å². The Morgan fingerprint density at radius 1 is 1.00 bits per heavy atom. The quantitative estimate of drug-likeness (QED) is 0.686. The summed E-state index contributed by atoms with van der Waals surface area (Å²) >= 11 is 0. The van der Waals surface area contributed by atoms with E-state index in [4.69, 9.17) is 0 Å². The van der Waals surface area contributed by atoms with Gasteiger partial charge in [-0.1, -0.05) is 6.07 Å². The monoisotopic (exact) mass is 239 g/mol. The minimum Gasteiger partial charge on any atom is -0.340 e. The molecule has 3 rings (SSSR count). The van der Waals surface area contributed by atoms with E-state index in [0.29, 0.717) is 0 Å². The molecule has 90 valence electrons. The van der Waals surface area contributed by atoms with Crippen molar-refractivity contribution in [2.45, 2.75) is 0 Å². The number of imidazole rings is 2. The van der Waals surface area contributed by atoms with Crippen molar-refractivity contribution in [2.75, 3.05) is 0 Å². The van der Waals surface area contributed by atoms with Gasteiger partial charge in [-0.25, -0.2) is 15.0 Å². The highest BCUT2D eigenvalue weighted by Gasteiger charge is 2.08. The van der Waals surface area contributed by atoms with Gasteiger partial charge in [0.1, 0.15) is 11.4 Å². The lowest BCUT2D eigenvalue weighted by Crippen LogP contribution is -1.95. The summed E-state index contributed by atoms with van der Waals surface area (Å²) in [6.07, 6.45) is 7.39. The van der Waals surface area contributed by atoms with Crippen molar-refractivity contribution in [3.8, 4) is 22.9 Å². The fourth-order valence-corrected chi connectivity index (χ4v) is 1.86. The molecule has 0 amide bonds. The van der Waals surface area contributed by atoms with E-state index in [2.05, 4.69) is 15.0 Å². The maximum Gasteiger partial charge on any atom is 0.158 e. The molecule has 0 unspecified atom stereocenters. The second kappa shape index (κ2) is 4.10. The average Bonchev–Trinajstić information content (AvgIpc) is 2.98. The molecule has 0 saturated carbocycles. The Balaban J connectivity index is 2.07. The molecule has 5 heteroatoms. The number of rotatable bonds is 2. The topological polar surface area (TPSA) is 48.5 Å². The molecule has 0 aromatic carbocycles. The van der Waals surface area contributed by atoms with E-state index in [-0.39, 0.29) is 0 Å². The van der Waals surface area contributed by atoms with E-state index < -0.39 is 0 Å². The van der Waals surface area contributed by atoms with Crippen molar-refractivity contribution in [2.24, 2.45) is 14.1 Å². The first-order chi connectivity index (χ1) is 8.74. The first-order valence-electron chi connectivity index (χ1n) is 5.67. The molecular weight excluding hydrogens is 226 g/mol. The SMILES string of the molecule is Cn1cnc(-c2cccc(-c3nccn3C)n2)c1. The third-order valence-corrected chi connectivity index (χ3v) is 2.77. The summed E-state index contributed by atoms with van der Waals surface area (Å²) in [6.45, 7) is 0. The Hall–Kier alpha value is -2.43. The number of hydrogen-bond acceptors (Lipinski definition) is 3. The second-order valence-electron chi connectivity index (χ2n) is 4.19. The van der Waals surface area contributed by atoms with Gasteiger partial charge in [0.15, 0.2) is 5.82 Å². The molecule has 0 radical (unpaired) electrons. The molecule has 0 atom stereocenters. The van der Waals surface area contributed by atoms with Gasteiger partial charge in [0.25, 0.3) is 0 Å². The van der Waals surface area contributed by atoms with Crippen molar-refractivity contribution in [3.63, 3.8) is 0 Å². The summed E-state index contributed by atoms with van der Waals surface area (Å²) in [5.74, 6) is 0.854. The number of aromatic nitrogens is 5. The molecule has 0 aliphatic carbocycles. The summed E-state index contributed by atoms with van der Waals surface area (Å²) in [6, 6.07) is 5.88. The third kappa shape index (κ3) is 1.79. The van der Waals surface area contributed by atoms with Crippen LogP contribution in [0.5, 0.6) is 0 Å². The Morgan fingerprint density at radius 3 is 2.50 bits per heavy atom. The molecule has 0 bridgehead atoms. The highest BCUT2D eigenvalue weighted by molar-refractivity contribution is 5.59. The molecule has 0 fully saturated rings. The average molecular weight is 239 g/mol. The largest absolute Gasteiger partial charge is 0.340 e. The van der Waals surface area contributed by atoms with E-state index in [0.717, 1.165) is 22.9 Å². The van der Waals surface area contributed by atoms with Crippen LogP contribution in [0.4, 0.5) is 0 Å². The molecule has 18 heavy (non-hydrogen) atoms. The van der Waals surface area contributed by atoms with Crippen molar-refractivity contribution >= 4 is 0 Å². The lowest BCUT2D eigenvalue weighted by Gasteiger charge is -2.02. The van der Waals surface area contributed by atoms with Crippen LogP contribution in [0.15, 0.2) is 43.1 Å². The fourth-order valence-electron chi connectivity index (χ4n) is 1.86.